The van der Waals surface area contributed by atoms with Crippen LogP contribution >= 0.6 is 0 Å². The summed E-state index contributed by atoms with van der Waals surface area (Å²) in [6.07, 6.45) is 4.42. The summed E-state index contributed by atoms with van der Waals surface area (Å²) in [5.41, 5.74) is 5.06. The lowest BCUT2D eigenvalue weighted by Crippen LogP contribution is -2.25. The fourth-order valence-electron chi connectivity index (χ4n) is 3.69. The van der Waals surface area contributed by atoms with Crippen LogP contribution in [0.25, 0.3) is 33.3 Å². The van der Waals surface area contributed by atoms with Crippen molar-refractivity contribution in [2.24, 2.45) is 7.05 Å². The molecule has 0 spiro atoms. The van der Waals surface area contributed by atoms with Crippen molar-refractivity contribution in [1.82, 2.24) is 24.6 Å². The van der Waals surface area contributed by atoms with E-state index in [9.17, 15) is 4.79 Å². The molecule has 0 unspecified atom stereocenters. The molecule has 9 heteroatoms. The van der Waals surface area contributed by atoms with Gasteiger partial charge in [-0.2, -0.15) is 4.73 Å². The lowest BCUT2D eigenvalue weighted by atomic mass is 10.1. The van der Waals surface area contributed by atoms with E-state index in [2.05, 4.69) is 51.8 Å². The largest absolute Gasteiger partial charge is 0.497 e. The van der Waals surface area contributed by atoms with E-state index in [1.54, 1.807) is 18.0 Å². The van der Waals surface area contributed by atoms with Gasteiger partial charge in [-0.3, -0.25) is 4.79 Å². The summed E-state index contributed by atoms with van der Waals surface area (Å²) in [5.74, 6) is 0.797. The number of nitrogens with zero attached hydrogens (tertiary/aromatic N) is 4. The van der Waals surface area contributed by atoms with E-state index >= 15 is 0 Å². The predicted octanol–water partition coefficient (Wildman–Crippen LogP) is 3.61. The molecule has 1 aromatic carbocycles. The molecule has 0 fully saturated rings. The van der Waals surface area contributed by atoms with Crippen LogP contribution in [0.4, 0.5) is 0 Å². The second-order valence-electron chi connectivity index (χ2n) is 9.07. The van der Waals surface area contributed by atoms with Crippen LogP contribution < -0.4 is 14.9 Å². The molecular weight excluding hydrogens is 422 g/mol. The molecule has 3 aromatic heterocycles. The van der Waals surface area contributed by atoms with Crippen molar-refractivity contribution in [3.05, 3.63) is 42.4 Å². The highest BCUT2D eigenvalue weighted by Gasteiger charge is 2.20. The molecule has 0 saturated heterocycles. The van der Waals surface area contributed by atoms with Gasteiger partial charge in [0.05, 0.1) is 31.2 Å². The van der Waals surface area contributed by atoms with Crippen molar-refractivity contribution in [2.45, 2.75) is 32.2 Å². The lowest BCUT2D eigenvalue weighted by molar-refractivity contribution is -0.109. The maximum absolute atomic E-state index is 10.7. The van der Waals surface area contributed by atoms with Crippen LogP contribution in [0.1, 0.15) is 5.69 Å². The number of methoxy groups -OCH3 is 1. The number of benzene rings is 1. The average molecular weight is 452 g/mol. The van der Waals surface area contributed by atoms with Crippen LogP contribution in [0.3, 0.4) is 0 Å². The summed E-state index contributed by atoms with van der Waals surface area (Å²) < 4.78 is 9.36. The van der Waals surface area contributed by atoms with Gasteiger partial charge in [0.25, 0.3) is 0 Å². The number of aryl methyl sites for hydroxylation is 1. The Morgan fingerprint density at radius 3 is 2.75 bits per heavy atom. The number of amides is 1. The summed E-state index contributed by atoms with van der Waals surface area (Å²) >= 11 is 0. The summed E-state index contributed by atoms with van der Waals surface area (Å²) in [4.78, 5) is 26.3. The van der Waals surface area contributed by atoms with Crippen molar-refractivity contribution in [2.75, 3.05) is 13.7 Å². The second-order valence-corrected chi connectivity index (χ2v) is 14.7. The van der Waals surface area contributed by atoms with Crippen LogP contribution in [0, 0.1) is 0 Å². The highest BCUT2D eigenvalue weighted by Crippen LogP contribution is 2.35. The van der Waals surface area contributed by atoms with Crippen molar-refractivity contribution in [1.29, 1.82) is 0 Å². The first-order chi connectivity index (χ1) is 15.3. The Bertz CT molecular complexity index is 1270. The van der Waals surface area contributed by atoms with Crippen LogP contribution in [-0.2, 0) is 18.4 Å². The normalized spacial score (nSPS) is 11.8. The fraction of sp³-hybridized carbons (Fsp3) is 0.348. The molecule has 32 heavy (non-hydrogen) atoms. The lowest BCUT2D eigenvalue weighted by Gasteiger charge is -2.17. The van der Waals surface area contributed by atoms with Gasteiger partial charge in [0.15, 0.2) is 5.65 Å². The highest BCUT2D eigenvalue weighted by atomic mass is 28.3. The maximum atomic E-state index is 10.7. The van der Waals surface area contributed by atoms with Gasteiger partial charge in [-0.05, 0) is 30.3 Å². The number of carbonyl (C=O) groups excluding carboxylic acids is 1. The van der Waals surface area contributed by atoms with Gasteiger partial charge in [-0.25, -0.2) is 9.97 Å². The topological polar surface area (TPSA) is 83.2 Å². The zero-order valence-corrected chi connectivity index (χ0v) is 20.2. The number of carbonyl (C=O) groups is 1. The first-order valence-corrected chi connectivity index (χ1v) is 14.3. The number of hydrogen-bond acceptors (Lipinski definition) is 5. The van der Waals surface area contributed by atoms with E-state index in [4.69, 9.17) is 9.57 Å². The summed E-state index contributed by atoms with van der Waals surface area (Å²) in [6.45, 7) is 7.92. The van der Waals surface area contributed by atoms with E-state index < -0.39 is 8.07 Å². The van der Waals surface area contributed by atoms with Gasteiger partial charge in [0, 0.05) is 37.8 Å². The first kappa shape index (κ1) is 21.9. The van der Waals surface area contributed by atoms with E-state index in [1.807, 2.05) is 25.2 Å². The molecule has 3 heterocycles. The molecule has 0 atom stereocenters. The molecule has 0 radical (unpaired) electrons. The molecule has 1 N–H and O–H groups in total. The van der Waals surface area contributed by atoms with E-state index in [-0.39, 0.29) is 0 Å². The number of ether oxygens (including phenoxy) is 1. The maximum Gasteiger partial charge on any atom is 0.207 e. The molecule has 4 rings (SSSR count). The van der Waals surface area contributed by atoms with Crippen molar-refractivity contribution in [3.63, 3.8) is 0 Å². The summed E-state index contributed by atoms with van der Waals surface area (Å²) in [5, 5.41) is 3.70. The zero-order valence-electron chi connectivity index (χ0n) is 19.2. The Morgan fingerprint density at radius 1 is 1.22 bits per heavy atom. The Labute approximate surface area is 188 Å². The summed E-state index contributed by atoms with van der Waals surface area (Å²) in [6, 6.07) is 9.08. The fourth-order valence-corrected chi connectivity index (χ4v) is 4.39. The Hall–Kier alpha value is -3.33. The third-order valence-corrected chi connectivity index (χ3v) is 7.13. The van der Waals surface area contributed by atoms with Crippen molar-refractivity contribution >= 4 is 36.6 Å². The van der Waals surface area contributed by atoms with Crippen molar-refractivity contribution < 1.29 is 14.4 Å². The number of rotatable bonds is 9. The van der Waals surface area contributed by atoms with Crippen LogP contribution in [0.2, 0.25) is 25.7 Å². The molecule has 0 aliphatic carbocycles. The minimum atomic E-state index is -1.27. The molecule has 0 saturated carbocycles. The van der Waals surface area contributed by atoms with Crippen LogP contribution in [-0.4, -0.2) is 47.5 Å². The minimum absolute atomic E-state index is 0.328. The molecule has 4 aromatic rings. The second kappa shape index (κ2) is 8.66. The molecule has 1 amide bonds. The number of hydrogen-bond donors (Lipinski definition) is 1. The van der Waals surface area contributed by atoms with Gasteiger partial charge >= 0.3 is 0 Å². The number of fused-ring (bicyclic) bond motifs is 2. The van der Waals surface area contributed by atoms with E-state index in [0.717, 1.165) is 39.5 Å². The SMILES string of the molecule is COc1ccc2c(c1)c(-c1cc3nc(CNC=O)cnc3n1OCC[Si](C)(C)C)cn2C. The number of nitrogens with one attached hydrogen (secondary N) is 1. The Kier molecular flexibility index (Phi) is 5.92. The third kappa shape index (κ3) is 4.33. The zero-order chi connectivity index (χ0) is 22.9. The molecule has 8 nitrogen and oxygen atoms in total. The number of aromatic nitrogens is 4. The average Bonchev–Trinajstić information content (AvgIpc) is 3.28. The van der Waals surface area contributed by atoms with Crippen molar-refractivity contribution in [3.8, 4) is 17.0 Å². The quantitative estimate of drug-likeness (QED) is 0.310. The van der Waals surface area contributed by atoms with Gasteiger partial charge in [-0.15, -0.1) is 0 Å². The van der Waals surface area contributed by atoms with Gasteiger partial charge in [0.1, 0.15) is 17.9 Å². The van der Waals surface area contributed by atoms with Gasteiger partial charge in [0.2, 0.25) is 6.41 Å². The molecule has 168 valence electrons. The Morgan fingerprint density at radius 2 is 2.03 bits per heavy atom. The third-order valence-electron chi connectivity index (χ3n) is 5.43. The molecule has 0 bridgehead atoms. The minimum Gasteiger partial charge on any atom is -0.497 e. The highest BCUT2D eigenvalue weighted by molar-refractivity contribution is 6.76. The molecule has 0 aliphatic rings. The van der Waals surface area contributed by atoms with E-state index in [0.29, 0.717) is 30.9 Å². The molecule has 0 aliphatic heterocycles. The standard InChI is InChI=1S/C23H29N5O3Si/c1-27-14-19(18-10-17(30-2)6-7-21(18)27)22-11-20-23(25-13-16(26-20)12-24-15-29)28(22)31-8-9-32(3,4)5/h6-7,10-11,13-15H,8-9,12H2,1-5H3,(H,24,29). The van der Waals surface area contributed by atoms with Gasteiger partial charge < -0.3 is 19.5 Å². The summed E-state index contributed by atoms with van der Waals surface area (Å²) in [7, 11) is 2.43. The first-order valence-electron chi connectivity index (χ1n) is 10.6. The Balaban J connectivity index is 1.86. The van der Waals surface area contributed by atoms with E-state index in [1.165, 1.54) is 0 Å². The van der Waals surface area contributed by atoms with Crippen LogP contribution in [0.15, 0.2) is 36.7 Å². The predicted molar refractivity (Wildman–Crippen MR) is 128 cm³/mol. The smallest absolute Gasteiger partial charge is 0.207 e. The molecular formula is C23H29N5O3Si. The van der Waals surface area contributed by atoms with Crippen LogP contribution in [0.5, 0.6) is 5.75 Å². The monoisotopic (exact) mass is 451 g/mol. The van der Waals surface area contributed by atoms with Gasteiger partial charge in [-0.1, -0.05) is 19.6 Å².